The van der Waals surface area contributed by atoms with Gasteiger partial charge >= 0.3 is 0 Å². The molecule has 30 heavy (non-hydrogen) atoms. The van der Waals surface area contributed by atoms with Crippen molar-refractivity contribution in [3.63, 3.8) is 0 Å². The summed E-state index contributed by atoms with van der Waals surface area (Å²) in [5.74, 6) is 0.642. The fourth-order valence-corrected chi connectivity index (χ4v) is 3.86. The Labute approximate surface area is 175 Å². The highest BCUT2D eigenvalue weighted by Gasteiger charge is 2.36. The molecule has 0 aliphatic carbocycles. The van der Waals surface area contributed by atoms with Crippen LogP contribution in [-0.4, -0.2) is 33.9 Å². The van der Waals surface area contributed by atoms with Crippen LogP contribution in [0.4, 0.5) is 5.69 Å². The first-order valence-corrected chi connectivity index (χ1v) is 9.94. The lowest BCUT2D eigenvalue weighted by atomic mass is 10.1. The van der Waals surface area contributed by atoms with Crippen LogP contribution in [0.15, 0.2) is 65.2 Å². The number of fused-ring (bicyclic) bond motifs is 2. The number of hydrogen-bond donors (Lipinski definition) is 1. The summed E-state index contributed by atoms with van der Waals surface area (Å²) in [6, 6.07) is 11.5. The van der Waals surface area contributed by atoms with Crippen LogP contribution in [0.5, 0.6) is 5.75 Å². The number of non-ortho nitro benzene ring substituents is 1. The topological polar surface area (TPSA) is 109 Å². The third kappa shape index (κ3) is 3.41. The van der Waals surface area contributed by atoms with Crippen molar-refractivity contribution >= 4 is 34.2 Å². The third-order valence-corrected chi connectivity index (χ3v) is 5.42. The van der Waals surface area contributed by atoms with Gasteiger partial charge < -0.3 is 4.74 Å². The molecule has 0 aromatic heterocycles. The SMILES string of the molecule is C=CCSC1=NN2C(=c3ccccc3=N[C@@H]2c2cc([N+](=O)[O-])ccc2OC)C(=O)N1. The minimum atomic E-state index is -0.810. The number of amides is 1. The van der Waals surface area contributed by atoms with Gasteiger partial charge in [-0.2, -0.15) is 0 Å². The molecule has 1 atom stereocenters. The molecule has 2 aromatic carbocycles. The number of benzene rings is 2. The normalized spacial score (nSPS) is 17.2. The summed E-state index contributed by atoms with van der Waals surface area (Å²) < 4.78 is 5.43. The van der Waals surface area contributed by atoms with Gasteiger partial charge in [-0.25, -0.2) is 5.01 Å². The number of hydrogen-bond acceptors (Lipinski definition) is 8. The second-order valence-electron chi connectivity index (χ2n) is 6.36. The summed E-state index contributed by atoms with van der Waals surface area (Å²) in [5.41, 5.74) is 0.653. The standard InChI is InChI=1S/C20H17N5O4S/c1-3-10-30-20-22-19(26)17-13-6-4-5-7-15(13)21-18(24(17)23-20)14-11-12(25(27)28)8-9-16(14)29-2/h3-9,11,18H,1,10H2,2H3,(H,22,23,26)/t18-/m0/s1. The predicted octanol–water partition coefficient (Wildman–Crippen LogP) is 1.67. The van der Waals surface area contributed by atoms with E-state index in [1.807, 2.05) is 12.1 Å². The number of ether oxygens (including phenoxy) is 1. The number of carbonyl (C=O) groups is 1. The van der Waals surface area contributed by atoms with Crippen molar-refractivity contribution in [1.82, 2.24) is 10.3 Å². The maximum atomic E-state index is 13.0. The van der Waals surface area contributed by atoms with Crippen LogP contribution in [0, 0.1) is 10.1 Å². The number of amidine groups is 1. The molecule has 2 aliphatic heterocycles. The van der Waals surface area contributed by atoms with Crippen molar-refractivity contribution in [3.05, 3.63) is 81.4 Å². The van der Waals surface area contributed by atoms with Crippen molar-refractivity contribution < 1.29 is 14.5 Å². The first kappa shape index (κ1) is 19.6. The van der Waals surface area contributed by atoms with Gasteiger partial charge in [0.2, 0.25) is 0 Å². The number of hydrazone groups is 1. The van der Waals surface area contributed by atoms with Crippen molar-refractivity contribution in [2.75, 3.05) is 12.9 Å². The summed E-state index contributed by atoms with van der Waals surface area (Å²) in [5, 5.41) is 21.8. The highest BCUT2D eigenvalue weighted by Crippen LogP contribution is 2.37. The van der Waals surface area contributed by atoms with E-state index in [-0.39, 0.29) is 11.6 Å². The Hall–Kier alpha value is -3.66. The molecule has 10 heteroatoms. The fraction of sp³-hybridized carbons (Fsp3) is 0.150. The molecule has 0 radical (unpaired) electrons. The highest BCUT2D eigenvalue weighted by atomic mass is 32.2. The minimum Gasteiger partial charge on any atom is -0.496 e. The summed E-state index contributed by atoms with van der Waals surface area (Å²) in [4.78, 5) is 28.6. The maximum absolute atomic E-state index is 13.0. The first-order valence-electron chi connectivity index (χ1n) is 8.96. The van der Waals surface area contributed by atoms with E-state index in [0.29, 0.717) is 38.5 Å². The Balaban J connectivity index is 1.96. The summed E-state index contributed by atoms with van der Waals surface area (Å²) in [6.07, 6.45) is 0.894. The van der Waals surface area contributed by atoms with Crippen LogP contribution in [0.3, 0.4) is 0 Å². The van der Waals surface area contributed by atoms with Crippen molar-refractivity contribution in [2.45, 2.75) is 6.17 Å². The quantitative estimate of drug-likeness (QED) is 0.445. The molecule has 2 heterocycles. The Morgan fingerprint density at radius 3 is 2.90 bits per heavy atom. The molecule has 2 aromatic rings. The Kier molecular flexibility index (Phi) is 5.23. The smallest absolute Gasteiger partial charge is 0.276 e. The predicted molar refractivity (Wildman–Crippen MR) is 113 cm³/mol. The van der Waals surface area contributed by atoms with Gasteiger partial charge in [-0.1, -0.05) is 36.0 Å². The number of thioether (sulfide) groups is 1. The number of nitrogens with one attached hydrogen (secondary N) is 1. The molecule has 1 N–H and O–H groups in total. The van der Waals surface area contributed by atoms with Crippen molar-refractivity contribution in [1.29, 1.82) is 0 Å². The lowest BCUT2D eigenvalue weighted by Gasteiger charge is -2.34. The monoisotopic (exact) mass is 423 g/mol. The van der Waals surface area contributed by atoms with Gasteiger partial charge in [0.05, 0.1) is 17.4 Å². The van der Waals surface area contributed by atoms with Crippen LogP contribution in [-0.2, 0) is 4.79 Å². The van der Waals surface area contributed by atoms with Crippen LogP contribution in [0.1, 0.15) is 11.7 Å². The molecular weight excluding hydrogens is 406 g/mol. The maximum Gasteiger partial charge on any atom is 0.276 e. The Morgan fingerprint density at radius 1 is 1.37 bits per heavy atom. The number of carbonyl (C=O) groups excluding carboxylic acids is 1. The molecule has 9 nitrogen and oxygen atoms in total. The van der Waals surface area contributed by atoms with Gasteiger partial charge in [0.1, 0.15) is 11.4 Å². The number of methoxy groups -OCH3 is 1. The van der Waals surface area contributed by atoms with Crippen LogP contribution in [0.2, 0.25) is 0 Å². The van der Waals surface area contributed by atoms with Crippen molar-refractivity contribution in [2.24, 2.45) is 10.1 Å². The lowest BCUT2D eigenvalue weighted by Crippen LogP contribution is -2.50. The van der Waals surface area contributed by atoms with Crippen LogP contribution >= 0.6 is 11.8 Å². The van der Waals surface area contributed by atoms with Gasteiger partial charge in [-0.15, -0.1) is 11.7 Å². The molecular formula is C20H17N5O4S. The molecule has 0 spiro atoms. The molecule has 0 unspecified atom stereocenters. The number of nitro groups is 1. The minimum absolute atomic E-state index is 0.104. The van der Waals surface area contributed by atoms with E-state index >= 15 is 0 Å². The number of para-hydroxylation sites is 1. The van der Waals surface area contributed by atoms with Crippen LogP contribution < -0.4 is 20.6 Å². The molecule has 0 fully saturated rings. The average molecular weight is 423 g/mol. The van der Waals surface area contributed by atoms with Gasteiger partial charge in [0.15, 0.2) is 11.3 Å². The highest BCUT2D eigenvalue weighted by molar-refractivity contribution is 8.14. The van der Waals surface area contributed by atoms with E-state index in [1.54, 1.807) is 18.2 Å². The molecule has 0 bridgehead atoms. The van der Waals surface area contributed by atoms with E-state index in [4.69, 9.17) is 9.73 Å². The number of nitrogens with zero attached hydrogens (tertiary/aromatic N) is 4. The molecule has 0 saturated heterocycles. The van der Waals surface area contributed by atoms with E-state index in [9.17, 15) is 14.9 Å². The van der Waals surface area contributed by atoms with Gasteiger partial charge in [0.25, 0.3) is 11.6 Å². The van der Waals surface area contributed by atoms with Gasteiger partial charge in [-0.3, -0.25) is 25.2 Å². The van der Waals surface area contributed by atoms with Gasteiger partial charge in [0, 0.05) is 28.7 Å². The van der Waals surface area contributed by atoms with E-state index in [2.05, 4.69) is 17.0 Å². The molecule has 4 rings (SSSR count). The second-order valence-corrected chi connectivity index (χ2v) is 7.36. The van der Waals surface area contributed by atoms with Gasteiger partial charge in [-0.05, 0) is 12.1 Å². The van der Waals surface area contributed by atoms with Crippen LogP contribution in [0.25, 0.3) is 5.70 Å². The zero-order valence-electron chi connectivity index (χ0n) is 15.9. The molecule has 2 aliphatic rings. The second kappa shape index (κ2) is 7.99. The first-order chi connectivity index (χ1) is 14.5. The fourth-order valence-electron chi connectivity index (χ4n) is 3.27. The number of nitro benzene ring substituents is 1. The third-order valence-electron chi connectivity index (χ3n) is 4.56. The summed E-state index contributed by atoms with van der Waals surface area (Å²) >= 11 is 1.32. The zero-order valence-corrected chi connectivity index (χ0v) is 16.8. The lowest BCUT2D eigenvalue weighted by molar-refractivity contribution is -0.385. The van der Waals surface area contributed by atoms with E-state index in [0.717, 1.165) is 0 Å². The Morgan fingerprint density at radius 2 is 2.17 bits per heavy atom. The summed E-state index contributed by atoms with van der Waals surface area (Å²) in [6.45, 7) is 3.68. The summed E-state index contributed by atoms with van der Waals surface area (Å²) in [7, 11) is 1.48. The largest absolute Gasteiger partial charge is 0.496 e. The Bertz CT molecular complexity index is 1210. The average Bonchev–Trinajstić information content (AvgIpc) is 2.76. The van der Waals surface area contributed by atoms with Crippen molar-refractivity contribution in [3.8, 4) is 5.75 Å². The zero-order chi connectivity index (χ0) is 21.3. The van der Waals surface area contributed by atoms with E-state index in [1.165, 1.54) is 42.1 Å². The van der Waals surface area contributed by atoms with E-state index < -0.39 is 11.1 Å². The number of rotatable bonds is 5. The molecule has 1 amide bonds. The molecule has 152 valence electrons. The molecule has 0 saturated carbocycles.